The zero-order valence-corrected chi connectivity index (χ0v) is 5.43. The van der Waals surface area contributed by atoms with Crippen molar-refractivity contribution in [2.45, 2.75) is 26.4 Å². The van der Waals surface area contributed by atoms with Gasteiger partial charge in [0.2, 0.25) is 0 Å². The van der Waals surface area contributed by atoms with E-state index in [1.807, 2.05) is 0 Å². The van der Waals surface area contributed by atoms with Crippen molar-refractivity contribution in [1.82, 2.24) is 0 Å². The molecular formula is C5H10F4. The van der Waals surface area contributed by atoms with E-state index in [4.69, 9.17) is 0 Å². The monoisotopic (exact) mass is 146 g/mol. The number of hydrogen-bond acceptors (Lipinski definition) is 0. The fourth-order valence-electron chi connectivity index (χ4n) is 0. The molecular weight excluding hydrogens is 136 g/mol. The van der Waals surface area contributed by atoms with Crippen molar-refractivity contribution in [3.8, 4) is 0 Å². The maximum Gasteiger partial charge on any atom is 0.416 e. The predicted molar refractivity (Wildman–Crippen MR) is 28.0 cm³/mol. The van der Waals surface area contributed by atoms with Crippen LogP contribution in [0.2, 0.25) is 0 Å². The Morgan fingerprint density at radius 1 is 1.11 bits per heavy atom. The van der Waals surface area contributed by atoms with Gasteiger partial charge in [-0.15, -0.1) is 0 Å². The summed E-state index contributed by atoms with van der Waals surface area (Å²) in [4.78, 5) is 0. The maximum absolute atomic E-state index is 10.4. The molecule has 0 aliphatic rings. The summed E-state index contributed by atoms with van der Waals surface area (Å²) >= 11 is 0. The second kappa shape index (κ2) is 5.85. The van der Waals surface area contributed by atoms with Crippen molar-refractivity contribution in [2.24, 2.45) is 0 Å². The highest BCUT2D eigenvalue weighted by Crippen LogP contribution is 2.13. The van der Waals surface area contributed by atoms with Gasteiger partial charge in [-0.3, -0.25) is 0 Å². The fourth-order valence-corrected chi connectivity index (χ4v) is 0. The van der Waals surface area contributed by atoms with Crippen molar-refractivity contribution in [1.29, 1.82) is 0 Å². The standard InChI is InChI=1S/C3H8.C2H2F4/c1-3-2;3-1-2(4,5)6/h3H2,1-2H3;1H2. The number of alkyl halides is 4. The van der Waals surface area contributed by atoms with Crippen LogP contribution in [0, 0.1) is 0 Å². The van der Waals surface area contributed by atoms with Gasteiger partial charge in [-0.25, -0.2) is 4.39 Å². The van der Waals surface area contributed by atoms with Crippen LogP contribution in [-0.2, 0) is 0 Å². The minimum atomic E-state index is -4.62. The van der Waals surface area contributed by atoms with Crippen LogP contribution in [0.4, 0.5) is 17.6 Å². The summed E-state index contributed by atoms with van der Waals surface area (Å²) in [5.74, 6) is 0. The van der Waals surface area contributed by atoms with Gasteiger partial charge in [-0.2, -0.15) is 13.2 Å². The van der Waals surface area contributed by atoms with E-state index in [-0.39, 0.29) is 0 Å². The summed E-state index contributed by atoms with van der Waals surface area (Å²) < 4.78 is 41.6. The largest absolute Gasteiger partial charge is 0.416 e. The van der Waals surface area contributed by atoms with Crippen molar-refractivity contribution < 1.29 is 17.6 Å². The molecule has 0 aliphatic carbocycles. The van der Waals surface area contributed by atoms with Crippen LogP contribution in [-0.4, -0.2) is 12.9 Å². The van der Waals surface area contributed by atoms with Gasteiger partial charge < -0.3 is 0 Å². The molecule has 0 unspecified atom stereocenters. The molecule has 0 saturated carbocycles. The highest BCUT2D eigenvalue weighted by Gasteiger charge is 2.26. The molecule has 4 heteroatoms. The van der Waals surface area contributed by atoms with Crippen LogP contribution in [0.3, 0.4) is 0 Å². The fraction of sp³-hybridized carbons (Fsp3) is 1.00. The second-order valence-electron chi connectivity index (χ2n) is 1.46. The second-order valence-corrected chi connectivity index (χ2v) is 1.46. The molecule has 0 saturated heterocycles. The Morgan fingerprint density at radius 3 is 1.22 bits per heavy atom. The Balaban J connectivity index is 0. The van der Waals surface area contributed by atoms with Gasteiger partial charge in [0.25, 0.3) is 0 Å². The van der Waals surface area contributed by atoms with Gasteiger partial charge in [-0.05, 0) is 0 Å². The predicted octanol–water partition coefficient (Wildman–Crippen LogP) is 2.93. The highest BCUT2D eigenvalue weighted by molar-refractivity contribution is 4.39. The molecule has 0 nitrogen and oxygen atoms in total. The molecule has 0 aromatic heterocycles. The topological polar surface area (TPSA) is 0 Å². The van der Waals surface area contributed by atoms with E-state index >= 15 is 0 Å². The van der Waals surface area contributed by atoms with Crippen molar-refractivity contribution in [2.75, 3.05) is 6.67 Å². The SMILES string of the molecule is CCC.FCC(F)(F)F. The molecule has 9 heavy (non-hydrogen) atoms. The zero-order valence-electron chi connectivity index (χ0n) is 5.43. The lowest BCUT2D eigenvalue weighted by molar-refractivity contribution is -0.142. The van der Waals surface area contributed by atoms with Crippen LogP contribution in [0.15, 0.2) is 0 Å². The third kappa shape index (κ3) is 34.1. The highest BCUT2D eigenvalue weighted by atomic mass is 19.4. The molecule has 0 atom stereocenters. The van der Waals surface area contributed by atoms with E-state index in [0.29, 0.717) is 0 Å². The summed E-state index contributed by atoms with van der Waals surface area (Å²) in [5.41, 5.74) is 0. The molecule has 0 rings (SSSR count). The minimum absolute atomic E-state index is 1.25. The first-order valence-corrected chi connectivity index (χ1v) is 2.60. The van der Waals surface area contributed by atoms with Crippen molar-refractivity contribution in [3.63, 3.8) is 0 Å². The Morgan fingerprint density at radius 2 is 1.22 bits per heavy atom. The molecule has 0 radical (unpaired) electrons. The van der Waals surface area contributed by atoms with E-state index in [1.54, 1.807) is 0 Å². The molecule has 58 valence electrons. The molecule has 0 heterocycles. The minimum Gasteiger partial charge on any atom is -0.241 e. The Hall–Kier alpha value is -0.280. The third-order valence-corrected chi connectivity index (χ3v) is 0.152. The van der Waals surface area contributed by atoms with E-state index < -0.39 is 12.9 Å². The summed E-state index contributed by atoms with van der Waals surface area (Å²) in [6.07, 6.45) is -3.38. The van der Waals surface area contributed by atoms with Crippen molar-refractivity contribution in [3.05, 3.63) is 0 Å². The Kier molecular flexibility index (Phi) is 7.48. The van der Waals surface area contributed by atoms with Crippen LogP contribution >= 0.6 is 0 Å². The van der Waals surface area contributed by atoms with E-state index in [1.165, 1.54) is 6.42 Å². The first-order chi connectivity index (χ1) is 3.97. The van der Waals surface area contributed by atoms with Gasteiger partial charge in [0.05, 0.1) is 0 Å². The van der Waals surface area contributed by atoms with Crippen LogP contribution in [0.1, 0.15) is 20.3 Å². The van der Waals surface area contributed by atoms with Gasteiger partial charge in [-0.1, -0.05) is 20.3 Å². The molecule has 0 aliphatic heterocycles. The lowest BCUT2D eigenvalue weighted by atomic mass is 10.6. The first kappa shape index (κ1) is 11.5. The molecule has 0 aromatic rings. The average molecular weight is 146 g/mol. The molecule has 0 aromatic carbocycles. The number of hydrogen-bond donors (Lipinski definition) is 0. The molecule has 0 fully saturated rings. The maximum atomic E-state index is 10.4. The van der Waals surface area contributed by atoms with Gasteiger partial charge in [0, 0.05) is 0 Å². The van der Waals surface area contributed by atoms with Crippen LogP contribution in [0.5, 0.6) is 0 Å². The van der Waals surface area contributed by atoms with E-state index in [9.17, 15) is 17.6 Å². The van der Waals surface area contributed by atoms with E-state index in [0.717, 1.165) is 0 Å². The van der Waals surface area contributed by atoms with Crippen molar-refractivity contribution >= 4 is 0 Å². The molecule has 0 N–H and O–H groups in total. The Labute approximate surface area is 51.9 Å². The average Bonchev–Trinajstić information content (AvgIpc) is 1.67. The lowest BCUT2D eigenvalue weighted by Crippen LogP contribution is -2.08. The summed E-state index contributed by atoms with van der Waals surface area (Å²) in [5, 5.41) is 0. The van der Waals surface area contributed by atoms with E-state index in [2.05, 4.69) is 13.8 Å². The summed E-state index contributed by atoms with van der Waals surface area (Å²) in [7, 11) is 0. The normalized spacial score (nSPS) is 10.0. The molecule has 0 amide bonds. The summed E-state index contributed by atoms with van der Waals surface area (Å²) in [6, 6.07) is 0. The molecule has 0 bridgehead atoms. The van der Waals surface area contributed by atoms with Gasteiger partial charge in [0.15, 0.2) is 6.67 Å². The Bertz CT molecular complexity index is 47.4. The molecule has 0 spiro atoms. The third-order valence-electron chi connectivity index (χ3n) is 0.152. The quantitative estimate of drug-likeness (QED) is 0.461. The van der Waals surface area contributed by atoms with Gasteiger partial charge >= 0.3 is 6.18 Å². The van der Waals surface area contributed by atoms with Crippen LogP contribution < -0.4 is 0 Å². The van der Waals surface area contributed by atoms with Crippen LogP contribution in [0.25, 0.3) is 0 Å². The zero-order chi connectivity index (χ0) is 7.91. The summed E-state index contributed by atoms with van der Waals surface area (Å²) in [6.45, 7) is 2.02. The lowest BCUT2D eigenvalue weighted by Gasteiger charge is -1.93. The van der Waals surface area contributed by atoms with Gasteiger partial charge in [0.1, 0.15) is 0 Å². The first-order valence-electron chi connectivity index (χ1n) is 2.60. The smallest absolute Gasteiger partial charge is 0.241 e. The number of halogens is 4. The number of rotatable bonds is 0.